The fraction of sp³-hybridized carbons (Fsp3) is 0.0625. The Balaban J connectivity index is 1.57. The Morgan fingerprint density at radius 2 is 1.61 bits per heavy atom. The highest BCUT2D eigenvalue weighted by Gasteiger charge is 2.31. The minimum atomic E-state index is -0.299. The summed E-state index contributed by atoms with van der Waals surface area (Å²) in [5, 5.41) is 15.6. The van der Waals surface area contributed by atoms with Crippen LogP contribution in [0.4, 0.5) is 5.69 Å². The van der Waals surface area contributed by atoms with Gasteiger partial charge in [-0.2, -0.15) is 0 Å². The summed E-state index contributed by atoms with van der Waals surface area (Å²) in [4.78, 5) is 11.6. The summed E-state index contributed by atoms with van der Waals surface area (Å²) in [5.74, 6) is 0.563. The lowest BCUT2D eigenvalue weighted by Gasteiger charge is -2.26. The van der Waals surface area contributed by atoms with Gasteiger partial charge in [0.25, 0.3) is 5.69 Å². The minimum Gasteiger partial charge on any atom is -0.310 e. The van der Waals surface area contributed by atoms with Crippen molar-refractivity contribution < 1.29 is 4.92 Å². The number of nitro groups is 1. The first-order valence-electron chi connectivity index (χ1n) is 12.1. The normalized spacial score (nSPS) is 17.9. The predicted molar refractivity (Wildman–Crippen MR) is 146 cm³/mol. The van der Waals surface area contributed by atoms with E-state index in [1.54, 1.807) is 6.07 Å². The van der Waals surface area contributed by atoms with Crippen LogP contribution in [0.15, 0.2) is 115 Å². The van der Waals surface area contributed by atoms with Gasteiger partial charge in [0.15, 0.2) is 0 Å². The zero-order valence-corrected chi connectivity index (χ0v) is 19.4. The second-order valence-electron chi connectivity index (χ2n) is 9.37. The van der Waals surface area contributed by atoms with Crippen LogP contribution in [0.3, 0.4) is 0 Å². The van der Waals surface area contributed by atoms with Gasteiger partial charge >= 0.3 is 0 Å². The summed E-state index contributed by atoms with van der Waals surface area (Å²) >= 11 is 0. The Morgan fingerprint density at radius 3 is 2.47 bits per heavy atom. The second-order valence-corrected chi connectivity index (χ2v) is 9.37. The fourth-order valence-corrected chi connectivity index (χ4v) is 5.86. The van der Waals surface area contributed by atoms with E-state index in [9.17, 15) is 10.1 Å². The number of rotatable bonds is 3. The molecule has 2 atom stereocenters. The van der Waals surface area contributed by atoms with Crippen molar-refractivity contribution in [2.45, 2.75) is 5.92 Å². The largest absolute Gasteiger partial charge is 0.310 e. The van der Waals surface area contributed by atoms with Gasteiger partial charge in [-0.3, -0.25) is 10.1 Å². The number of nitro benzene ring substituents is 1. The molecule has 1 aromatic heterocycles. The van der Waals surface area contributed by atoms with Crippen LogP contribution >= 0.6 is 0 Å². The molecule has 0 fully saturated rings. The number of hydrogen-bond acceptors (Lipinski definition) is 2. The van der Waals surface area contributed by atoms with Crippen LogP contribution in [-0.4, -0.2) is 9.49 Å². The number of fused-ring (bicyclic) bond motifs is 7. The number of benzene rings is 4. The van der Waals surface area contributed by atoms with Crippen LogP contribution in [0, 0.1) is 16.0 Å². The fourth-order valence-electron chi connectivity index (χ4n) is 5.86. The van der Waals surface area contributed by atoms with Crippen molar-refractivity contribution in [3.63, 3.8) is 0 Å². The topological polar surface area (TPSA) is 48.1 Å². The maximum absolute atomic E-state index is 11.9. The third-order valence-electron chi connectivity index (χ3n) is 7.44. The summed E-state index contributed by atoms with van der Waals surface area (Å²) in [7, 11) is 0. The molecular formula is C32H22N2O2. The van der Waals surface area contributed by atoms with Crippen molar-refractivity contribution in [3.05, 3.63) is 137 Å². The van der Waals surface area contributed by atoms with Crippen LogP contribution in [0.25, 0.3) is 44.6 Å². The quantitative estimate of drug-likeness (QED) is 0.199. The van der Waals surface area contributed by atoms with Crippen molar-refractivity contribution in [2.24, 2.45) is 5.92 Å². The predicted octanol–water partition coefficient (Wildman–Crippen LogP) is 8.21. The zero-order chi connectivity index (χ0) is 24.2. The highest BCUT2D eigenvalue weighted by Crippen LogP contribution is 2.47. The van der Waals surface area contributed by atoms with Crippen LogP contribution < -0.4 is 0 Å². The molecular weight excluding hydrogens is 444 g/mol. The van der Waals surface area contributed by atoms with E-state index in [0.717, 1.165) is 22.5 Å². The molecule has 0 saturated heterocycles. The Bertz CT molecular complexity index is 1770. The van der Waals surface area contributed by atoms with E-state index < -0.39 is 0 Å². The average molecular weight is 467 g/mol. The highest BCUT2D eigenvalue weighted by molar-refractivity contribution is 6.11. The number of hydrogen-bond donors (Lipinski definition) is 0. The molecule has 36 heavy (non-hydrogen) atoms. The molecule has 2 aliphatic rings. The third-order valence-corrected chi connectivity index (χ3v) is 7.44. The van der Waals surface area contributed by atoms with Gasteiger partial charge in [-0.25, -0.2) is 0 Å². The number of aromatic nitrogens is 1. The Morgan fingerprint density at radius 1 is 0.806 bits per heavy atom. The zero-order valence-electron chi connectivity index (χ0n) is 19.4. The summed E-state index contributed by atoms with van der Waals surface area (Å²) in [6.07, 6.45) is 13.3. The molecule has 172 valence electrons. The van der Waals surface area contributed by atoms with E-state index in [-0.39, 0.29) is 16.5 Å². The Hall–Kier alpha value is -4.70. The monoisotopic (exact) mass is 466 g/mol. The molecule has 2 aliphatic carbocycles. The van der Waals surface area contributed by atoms with Crippen molar-refractivity contribution in [1.82, 2.24) is 4.57 Å². The molecule has 0 bridgehead atoms. The Labute approximate surface area is 208 Å². The summed E-state index contributed by atoms with van der Waals surface area (Å²) in [6, 6.07) is 27.9. The third kappa shape index (κ3) is 3.01. The maximum Gasteiger partial charge on any atom is 0.277 e. The van der Waals surface area contributed by atoms with E-state index in [1.807, 2.05) is 42.5 Å². The molecule has 4 heteroatoms. The standard InChI is InChI=1S/C32H22N2O2/c35-34(36)28-19-16-24(20-27(28)21-8-2-1-3-9-21)33-29-17-14-22-10-4-6-12-25(22)31(29)32-26-13-7-5-11-23(26)15-18-30(32)33/h1-20,22,25H. The van der Waals surface area contributed by atoms with Gasteiger partial charge < -0.3 is 4.57 Å². The molecule has 2 unspecified atom stereocenters. The number of nitrogens with zero attached hydrogens (tertiary/aromatic N) is 2. The van der Waals surface area contributed by atoms with Crippen LogP contribution in [0.5, 0.6) is 0 Å². The van der Waals surface area contributed by atoms with Crippen molar-refractivity contribution in [3.8, 4) is 16.8 Å². The van der Waals surface area contributed by atoms with Crippen molar-refractivity contribution in [1.29, 1.82) is 0 Å². The first-order valence-corrected chi connectivity index (χ1v) is 12.1. The van der Waals surface area contributed by atoms with E-state index in [2.05, 4.69) is 77.4 Å². The van der Waals surface area contributed by atoms with Gasteiger partial charge in [0.05, 0.1) is 21.7 Å². The van der Waals surface area contributed by atoms with Gasteiger partial charge in [-0.05, 0) is 46.2 Å². The highest BCUT2D eigenvalue weighted by atomic mass is 16.6. The van der Waals surface area contributed by atoms with Gasteiger partial charge in [0.2, 0.25) is 0 Å². The lowest BCUT2D eigenvalue weighted by molar-refractivity contribution is -0.384. The molecule has 7 rings (SSSR count). The smallest absolute Gasteiger partial charge is 0.277 e. The molecule has 0 radical (unpaired) electrons. The van der Waals surface area contributed by atoms with Crippen LogP contribution in [-0.2, 0) is 0 Å². The summed E-state index contributed by atoms with van der Waals surface area (Å²) in [6.45, 7) is 0. The first kappa shape index (κ1) is 20.7. The Kier molecular flexibility index (Phi) is 4.55. The lowest BCUT2D eigenvalue weighted by atomic mass is 9.78. The van der Waals surface area contributed by atoms with Crippen LogP contribution in [0.1, 0.15) is 17.2 Å². The SMILES string of the molecule is O=[N+]([O-])c1ccc(-n2c3c(c4c5ccccc5ccc42)C2C=CC=CC2C=C3)cc1-c1ccccc1. The van der Waals surface area contributed by atoms with Crippen molar-refractivity contribution in [2.75, 3.05) is 0 Å². The molecule has 4 aromatic carbocycles. The first-order chi connectivity index (χ1) is 17.7. The van der Waals surface area contributed by atoms with Gasteiger partial charge in [-0.15, -0.1) is 0 Å². The molecule has 0 aliphatic heterocycles. The average Bonchev–Trinajstić information content (AvgIpc) is 3.28. The van der Waals surface area contributed by atoms with Gasteiger partial charge in [0.1, 0.15) is 0 Å². The summed E-state index contributed by atoms with van der Waals surface area (Å²) < 4.78 is 2.27. The van der Waals surface area contributed by atoms with E-state index >= 15 is 0 Å². The second kappa shape index (κ2) is 7.92. The molecule has 5 aromatic rings. The molecule has 0 N–H and O–H groups in total. The van der Waals surface area contributed by atoms with E-state index in [1.165, 1.54) is 21.7 Å². The van der Waals surface area contributed by atoms with Crippen molar-refractivity contribution >= 4 is 33.4 Å². The summed E-state index contributed by atoms with van der Waals surface area (Å²) in [5.41, 5.74) is 6.03. The molecule has 0 spiro atoms. The van der Waals surface area contributed by atoms with Crippen LogP contribution in [0.2, 0.25) is 0 Å². The molecule has 0 amide bonds. The van der Waals surface area contributed by atoms with Gasteiger partial charge in [-0.1, -0.05) is 91.0 Å². The number of allylic oxidation sites excluding steroid dienone is 5. The molecule has 0 saturated carbocycles. The van der Waals surface area contributed by atoms with E-state index in [0.29, 0.717) is 11.5 Å². The van der Waals surface area contributed by atoms with Gasteiger partial charge in [0, 0.05) is 29.0 Å². The lowest BCUT2D eigenvalue weighted by Crippen LogP contribution is -2.14. The van der Waals surface area contributed by atoms with E-state index in [4.69, 9.17) is 0 Å². The maximum atomic E-state index is 11.9. The molecule has 1 heterocycles. The minimum absolute atomic E-state index is 0.108. The molecule has 4 nitrogen and oxygen atoms in total.